The van der Waals surface area contributed by atoms with Crippen molar-refractivity contribution in [1.82, 2.24) is 0 Å². The molecule has 0 spiro atoms. The Kier molecular flexibility index (Phi) is 5.40. The van der Waals surface area contributed by atoms with Crippen molar-refractivity contribution >= 4 is 38.9 Å². The van der Waals surface area contributed by atoms with Crippen LogP contribution in [0.1, 0.15) is 15.9 Å². The van der Waals surface area contributed by atoms with Crippen LogP contribution in [0.4, 0.5) is 11.4 Å². The van der Waals surface area contributed by atoms with Crippen molar-refractivity contribution in [3.63, 3.8) is 0 Å². The minimum Gasteiger partial charge on any atom is -0.495 e. The molecule has 1 N–H and O–H groups in total. The molecule has 3 aromatic rings. The summed E-state index contributed by atoms with van der Waals surface area (Å²) in [7, 11) is -2.33. The Morgan fingerprint density at radius 3 is 2.53 bits per heavy atom. The summed E-state index contributed by atoms with van der Waals surface area (Å²) in [5, 5.41) is 0.307. The largest absolute Gasteiger partial charge is 0.495 e. The maximum Gasteiger partial charge on any atom is 0.261 e. The summed E-state index contributed by atoms with van der Waals surface area (Å²) in [6.07, 6.45) is 0.589. The Morgan fingerprint density at radius 1 is 1.07 bits per heavy atom. The summed E-state index contributed by atoms with van der Waals surface area (Å²) in [6.45, 7) is 0.508. The quantitative estimate of drug-likeness (QED) is 0.637. The first-order valence-electron chi connectivity index (χ1n) is 9.25. The lowest BCUT2D eigenvalue weighted by atomic mass is 10.1. The van der Waals surface area contributed by atoms with Crippen molar-refractivity contribution in [2.45, 2.75) is 11.3 Å². The minimum absolute atomic E-state index is 0.101. The van der Waals surface area contributed by atoms with Gasteiger partial charge in [-0.1, -0.05) is 29.8 Å². The molecule has 1 aliphatic rings. The summed E-state index contributed by atoms with van der Waals surface area (Å²) in [5.41, 5.74) is 2.48. The predicted octanol–water partition coefficient (Wildman–Crippen LogP) is 4.35. The fourth-order valence-corrected chi connectivity index (χ4v) is 4.79. The molecule has 4 rings (SSSR count). The number of sulfonamides is 1. The summed E-state index contributed by atoms with van der Waals surface area (Å²) < 4.78 is 33.3. The van der Waals surface area contributed by atoms with Gasteiger partial charge in [0.25, 0.3) is 15.9 Å². The maximum atomic E-state index is 12.8. The monoisotopic (exact) mass is 442 g/mol. The lowest BCUT2D eigenvalue weighted by Crippen LogP contribution is -2.28. The zero-order valence-corrected chi connectivity index (χ0v) is 17.7. The van der Waals surface area contributed by atoms with E-state index in [2.05, 4.69) is 4.72 Å². The van der Waals surface area contributed by atoms with Gasteiger partial charge in [0.15, 0.2) is 0 Å². The summed E-state index contributed by atoms with van der Waals surface area (Å²) in [5.74, 6) is 0.358. The number of benzene rings is 3. The highest BCUT2D eigenvalue weighted by Gasteiger charge is 2.27. The van der Waals surface area contributed by atoms with E-state index in [0.29, 0.717) is 35.0 Å². The first-order valence-corrected chi connectivity index (χ1v) is 11.1. The first kappa shape index (κ1) is 20.3. The van der Waals surface area contributed by atoms with E-state index in [4.69, 9.17) is 16.3 Å². The van der Waals surface area contributed by atoms with E-state index in [1.54, 1.807) is 41.3 Å². The number of nitrogens with zero attached hydrogens (tertiary/aromatic N) is 1. The number of hydrogen-bond acceptors (Lipinski definition) is 4. The Bertz CT molecular complexity index is 1210. The van der Waals surface area contributed by atoms with Crippen molar-refractivity contribution in [1.29, 1.82) is 0 Å². The average Bonchev–Trinajstić information content (AvgIpc) is 3.17. The molecule has 6 nitrogen and oxygen atoms in total. The molecule has 8 heteroatoms. The van der Waals surface area contributed by atoms with Gasteiger partial charge >= 0.3 is 0 Å². The molecule has 0 aliphatic carbocycles. The normalized spacial score (nSPS) is 13.1. The van der Waals surface area contributed by atoms with Gasteiger partial charge in [-0.25, -0.2) is 8.42 Å². The van der Waals surface area contributed by atoms with Crippen LogP contribution in [0, 0.1) is 0 Å². The third-order valence-electron chi connectivity index (χ3n) is 4.93. The molecule has 30 heavy (non-hydrogen) atoms. The van der Waals surface area contributed by atoms with E-state index < -0.39 is 10.0 Å². The Hall–Kier alpha value is -3.03. The number of hydrogen-bond donors (Lipinski definition) is 1. The number of fused-ring (bicyclic) bond motifs is 1. The molecular formula is C22H19ClN2O4S. The van der Waals surface area contributed by atoms with Gasteiger partial charge < -0.3 is 9.64 Å². The number of halogens is 1. The van der Waals surface area contributed by atoms with Crippen LogP contribution in [-0.4, -0.2) is 28.0 Å². The molecule has 1 amide bonds. The number of carbonyl (C=O) groups is 1. The molecule has 1 aliphatic heterocycles. The standard InChI is InChI=1S/C22H19ClN2O4S/c1-29-21-10-7-17(14-19(21)23)24-30(27,28)18-8-9-20-16(13-18)11-12-25(20)22(26)15-5-3-2-4-6-15/h2-10,13-14,24H,11-12H2,1H3. The number of nitrogens with one attached hydrogen (secondary N) is 1. The Balaban J connectivity index is 1.58. The molecule has 3 aromatic carbocycles. The fourth-order valence-electron chi connectivity index (χ4n) is 3.44. The second-order valence-corrected chi connectivity index (χ2v) is 8.91. The Labute approximate surface area is 180 Å². The fraction of sp³-hybridized carbons (Fsp3) is 0.136. The van der Waals surface area contributed by atoms with Gasteiger partial charge in [-0.05, 0) is 60.5 Å². The number of anilines is 2. The summed E-state index contributed by atoms with van der Waals surface area (Å²) in [6, 6.07) is 18.5. The average molecular weight is 443 g/mol. The molecule has 0 aromatic heterocycles. The van der Waals surface area contributed by atoms with Crippen LogP contribution in [-0.2, 0) is 16.4 Å². The van der Waals surface area contributed by atoms with Crippen LogP contribution >= 0.6 is 11.6 Å². The van der Waals surface area contributed by atoms with E-state index in [1.807, 2.05) is 18.2 Å². The summed E-state index contributed by atoms with van der Waals surface area (Å²) in [4.78, 5) is 14.6. The van der Waals surface area contributed by atoms with Crippen molar-refractivity contribution in [3.05, 3.63) is 82.9 Å². The number of rotatable bonds is 5. The van der Waals surface area contributed by atoms with Crippen LogP contribution in [0.25, 0.3) is 0 Å². The molecule has 0 unspecified atom stereocenters. The van der Waals surface area contributed by atoms with Gasteiger partial charge in [0.2, 0.25) is 0 Å². The van der Waals surface area contributed by atoms with Crippen molar-refractivity contribution < 1.29 is 17.9 Å². The van der Waals surface area contributed by atoms with E-state index in [1.165, 1.54) is 19.2 Å². The van der Waals surface area contributed by atoms with Gasteiger partial charge in [-0.15, -0.1) is 0 Å². The van der Waals surface area contributed by atoms with E-state index in [0.717, 1.165) is 11.3 Å². The lowest BCUT2D eigenvalue weighted by molar-refractivity contribution is 0.0989. The highest BCUT2D eigenvalue weighted by molar-refractivity contribution is 7.92. The molecule has 154 valence electrons. The third kappa shape index (κ3) is 3.86. The van der Waals surface area contributed by atoms with Crippen LogP contribution in [0.5, 0.6) is 5.75 Å². The Morgan fingerprint density at radius 2 is 1.83 bits per heavy atom. The van der Waals surface area contributed by atoms with Gasteiger partial charge in [0.1, 0.15) is 5.75 Å². The van der Waals surface area contributed by atoms with Gasteiger partial charge in [-0.2, -0.15) is 0 Å². The van der Waals surface area contributed by atoms with Gasteiger partial charge in [0.05, 0.1) is 22.7 Å². The molecule has 0 fully saturated rings. The second-order valence-electron chi connectivity index (χ2n) is 6.82. The number of carbonyl (C=O) groups excluding carboxylic acids is 1. The van der Waals surface area contributed by atoms with Crippen LogP contribution in [0.3, 0.4) is 0 Å². The van der Waals surface area contributed by atoms with Gasteiger partial charge in [0, 0.05) is 17.8 Å². The molecule has 0 saturated carbocycles. The maximum absolute atomic E-state index is 12.8. The minimum atomic E-state index is -3.81. The second kappa shape index (κ2) is 8.01. The summed E-state index contributed by atoms with van der Waals surface area (Å²) >= 11 is 6.08. The molecule has 0 saturated heterocycles. The smallest absolute Gasteiger partial charge is 0.261 e. The number of amides is 1. The molecule has 0 atom stereocenters. The highest BCUT2D eigenvalue weighted by atomic mass is 35.5. The predicted molar refractivity (Wildman–Crippen MR) is 117 cm³/mol. The first-order chi connectivity index (χ1) is 14.4. The number of ether oxygens (including phenoxy) is 1. The van der Waals surface area contributed by atoms with Crippen LogP contribution in [0.2, 0.25) is 5.02 Å². The zero-order chi connectivity index (χ0) is 21.3. The molecule has 0 radical (unpaired) electrons. The highest BCUT2D eigenvalue weighted by Crippen LogP contribution is 2.33. The lowest BCUT2D eigenvalue weighted by Gasteiger charge is -2.18. The van der Waals surface area contributed by atoms with Crippen LogP contribution in [0.15, 0.2) is 71.6 Å². The number of methoxy groups -OCH3 is 1. The van der Waals surface area contributed by atoms with E-state index in [-0.39, 0.29) is 10.8 Å². The van der Waals surface area contributed by atoms with Crippen molar-refractivity contribution in [3.8, 4) is 5.75 Å². The van der Waals surface area contributed by atoms with Crippen molar-refractivity contribution in [2.24, 2.45) is 0 Å². The molecule has 0 bridgehead atoms. The van der Waals surface area contributed by atoms with E-state index in [9.17, 15) is 13.2 Å². The topological polar surface area (TPSA) is 75.7 Å². The van der Waals surface area contributed by atoms with Crippen LogP contribution < -0.4 is 14.4 Å². The van der Waals surface area contributed by atoms with Crippen molar-refractivity contribution in [2.75, 3.05) is 23.3 Å². The third-order valence-corrected chi connectivity index (χ3v) is 6.60. The molecular weight excluding hydrogens is 424 g/mol. The van der Waals surface area contributed by atoms with E-state index >= 15 is 0 Å². The molecule has 1 heterocycles. The van der Waals surface area contributed by atoms with Gasteiger partial charge in [-0.3, -0.25) is 9.52 Å². The SMILES string of the molecule is COc1ccc(NS(=O)(=O)c2ccc3c(c2)CCN3C(=O)c2ccccc2)cc1Cl. The zero-order valence-electron chi connectivity index (χ0n) is 16.1.